The second-order valence-corrected chi connectivity index (χ2v) is 3.85. The molecular weight excluding hydrogens is 282 g/mol. The number of hydrogen-bond donors (Lipinski definition) is 3. The number of benzene rings is 1. The standard InChI is InChI=1S/C11H12ClN3O3.C2H6/c1-14-8-3-2-6(12)4-7(8)11(18)15-5-9(16)10(13)17;1-2/h2-4,14H,5H2,1H3,(H2,13,17)(H,15,18);1-2H3. The van der Waals surface area contributed by atoms with Gasteiger partial charge in [-0.2, -0.15) is 0 Å². The summed E-state index contributed by atoms with van der Waals surface area (Å²) in [5.41, 5.74) is 5.61. The van der Waals surface area contributed by atoms with E-state index in [0.717, 1.165) is 0 Å². The van der Waals surface area contributed by atoms with Gasteiger partial charge in [-0.15, -0.1) is 0 Å². The average molecular weight is 300 g/mol. The lowest BCUT2D eigenvalue weighted by atomic mass is 10.1. The molecular formula is C13H18ClN3O3. The molecule has 0 saturated heterocycles. The van der Waals surface area contributed by atoms with Crippen LogP contribution in [0.1, 0.15) is 24.2 Å². The second-order valence-electron chi connectivity index (χ2n) is 3.41. The molecule has 0 spiro atoms. The molecule has 4 N–H and O–H groups in total. The Kier molecular flexibility index (Phi) is 8.00. The second kappa shape index (κ2) is 8.92. The van der Waals surface area contributed by atoms with Crippen molar-refractivity contribution in [1.29, 1.82) is 0 Å². The van der Waals surface area contributed by atoms with Gasteiger partial charge in [0.2, 0.25) is 5.78 Å². The van der Waals surface area contributed by atoms with Gasteiger partial charge in [-0.3, -0.25) is 14.4 Å². The molecule has 0 unspecified atom stereocenters. The number of anilines is 1. The van der Waals surface area contributed by atoms with Crippen molar-refractivity contribution in [2.45, 2.75) is 13.8 Å². The number of amides is 2. The molecule has 2 amide bonds. The summed E-state index contributed by atoms with van der Waals surface area (Å²) in [5, 5.41) is 5.50. The Bertz CT molecular complexity index is 504. The van der Waals surface area contributed by atoms with E-state index < -0.39 is 24.1 Å². The molecule has 0 aliphatic heterocycles. The van der Waals surface area contributed by atoms with Crippen LogP contribution in [0, 0.1) is 0 Å². The van der Waals surface area contributed by atoms with Crippen molar-refractivity contribution < 1.29 is 14.4 Å². The van der Waals surface area contributed by atoms with E-state index in [1.54, 1.807) is 19.2 Å². The molecule has 0 aliphatic carbocycles. The number of halogens is 1. The monoisotopic (exact) mass is 299 g/mol. The van der Waals surface area contributed by atoms with Gasteiger partial charge in [0.25, 0.3) is 11.8 Å². The van der Waals surface area contributed by atoms with Gasteiger partial charge >= 0.3 is 0 Å². The first kappa shape index (κ1) is 17.9. The third-order valence-corrected chi connectivity index (χ3v) is 2.42. The maximum absolute atomic E-state index is 11.8. The van der Waals surface area contributed by atoms with Gasteiger partial charge in [0, 0.05) is 17.8 Å². The van der Waals surface area contributed by atoms with Crippen molar-refractivity contribution in [3.8, 4) is 0 Å². The van der Waals surface area contributed by atoms with E-state index in [2.05, 4.69) is 10.6 Å². The first-order valence-electron chi connectivity index (χ1n) is 6.04. The van der Waals surface area contributed by atoms with Crippen LogP contribution in [-0.4, -0.2) is 31.2 Å². The number of nitrogens with two attached hydrogens (primary N) is 1. The minimum absolute atomic E-state index is 0.280. The van der Waals surface area contributed by atoms with Crippen LogP contribution in [0.15, 0.2) is 18.2 Å². The minimum Gasteiger partial charge on any atom is -0.387 e. The lowest BCUT2D eigenvalue weighted by molar-refractivity contribution is -0.135. The highest BCUT2D eigenvalue weighted by molar-refractivity contribution is 6.36. The van der Waals surface area contributed by atoms with E-state index in [1.165, 1.54) is 6.07 Å². The number of Topliss-reactive ketones (excluding diaryl/α,β-unsaturated/α-hetero) is 1. The van der Waals surface area contributed by atoms with Crippen LogP contribution in [0.25, 0.3) is 0 Å². The zero-order valence-corrected chi connectivity index (χ0v) is 12.4. The van der Waals surface area contributed by atoms with Gasteiger partial charge in [-0.05, 0) is 18.2 Å². The molecule has 0 fully saturated rings. The third kappa shape index (κ3) is 5.27. The van der Waals surface area contributed by atoms with Crippen LogP contribution in [0.4, 0.5) is 5.69 Å². The largest absolute Gasteiger partial charge is 0.387 e. The molecule has 110 valence electrons. The number of nitrogens with one attached hydrogen (secondary N) is 2. The van der Waals surface area contributed by atoms with Crippen LogP contribution in [0.3, 0.4) is 0 Å². The van der Waals surface area contributed by atoms with E-state index in [9.17, 15) is 14.4 Å². The van der Waals surface area contributed by atoms with E-state index in [-0.39, 0.29) is 5.56 Å². The van der Waals surface area contributed by atoms with Crippen molar-refractivity contribution in [3.63, 3.8) is 0 Å². The van der Waals surface area contributed by atoms with Crippen LogP contribution in [0.2, 0.25) is 5.02 Å². The Morgan fingerprint density at radius 2 is 1.85 bits per heavy atom. The van der Waals surface area contributed by atoms with Crippen molar-refractivity contribution in [2.24, 2.45) is 5.73 Å². The van der Waals surface area contributed by atoms with Crippen LogP contribution in [-0.2, 0) is 9.59 Å². The van der Waals surface area contributed by atoms with E-state index in [0.29, 0.717) is 10.7 Å². The minimum atomic E-state index is -1.09. The summed E-state index contributed by atoms with van der Waals surface area (Å²) in [4.78, 5) is 33.3. The average Bonchev–Trinajstić information content (AvgIpc) is 2.46. The zero-order valence-electron chi connectivity index (χ0n) is 11.6. The maximum Gasteiger partial charge on any atom is 0.286 e. The van der Waals surface area contributed by atoms with Crippen molar-refractivity contribution >= 4 is 34.9 Å². The Hall–Kier alpha value is -2.08. The maximum atomic E-state index is 11.8. The smallest absolute Gasteiger partial charge is 0.286 e. The summed E-state index contributed by atoms with van der Waals surface area (Å²) in [6.07, 6.45) is 0. The summed E-state index contributed by atoms with van der Waals surface area (Å²) < 4.78 is 0. The first-order valence-corrected chi connectivity index (χ1v) is 6.41. The SMILES string of the molecule is CC.CNc1ccc(Cl)cc1C(=O)NCC(=O)C(N)=O. The molecule has 1 aromatic carbocycles. The highest BCUT2D eigenvalue weighted by atomic mass is 35.5. The summed E-state index contributed by atoms with van der Waals surface area (Å²) >= 11 is 5.78. The quantitative estimate of drug-likeness (QED) is 0.711. The normalized spacial score (nSPS) is 9.00. The molecule has 1 rings (SSSR count). The van der Waals surface area contributed by atoms with Gasteiger partial charge in [0.1, 0.15) is 0 Å². The van der Waals surface area contributed by atoms with Crippen LogP contribution < -0.4 is 16.4 Å². The first-order chi connectivity index (χ1) is 9.45. The molecule has 0 aliphatic rings. The molecule has 0 heterocycles. The lowest BCUT2D eigenvalue weighted by Gasteiger charge is -2.09. The van der Waals surface area contributed by atoms with E-state index >= 15 is 0 Å². The Labute approximate surface area is 122 Å². The fourth-order valence-corrected chi connectivity index (χ4v) is 1.44. The highest BCUT2D eigenvalue weighted by Gasteiger charge is 2.14. The lowest BCUT2D eigenvalue weighted by Crippen LogP contribution is -2.36. The highest BCUT2D eigenvalue weighted by Crippen LogP contribution is 2.19. The molecule has 0 radical (unpaired) electrons. The molecule has 0 aromatic heterocycles. The van der Waals surface area contributed by atoms with Crippen LogP contribution in [0.5, 0.6) is 0 Å². The van der Waals surface area contributed by atoms with Gasteiger partial charge in [-0.1, -0.05) is 25.4 Å². The molecule has 0 bridgehead atoms. The van der Waals surface area contributed by atoms with E-state index in [4.69, 9.17) is 17.3 Å². The summed E-state index contributed by atoms with van der Waals surface area (Å²) in [6, 6.07) is 4.71. The molecule has 0 atom stereocenters. The number of carbonyl (C=O) groups excluding carboxylic acids is 3. The molecule has 0 saturated carbocycles. The topological polar surface area (TPSA) is 101 Å². The number of ketones is 1. The Balaban J connectivity index is 0.00000172. The number of primary amides is 1. The Morgan fingerprint density at radius 1 is 1.25 bits per heavy atom. The predicted octanol–water partition coefficient (Wildman–Crippen LogP) is 1.19. The summed E-state index contributed by atoms with van der Waals surface area (Å²) in [7, 11) is 1.65. The molecule has 20 heavy (non-hydrogen) atoms. The van der Waals surface area contributed by atoms with Gasteiger partial charge in [0.15, 0.2) is 0 Å². The fraction of sp³-hybridized carbons (Fsp3) is 0.308. The Morgan fingerprint density at radius 3 is 2.35 bits per heavy atom. The molecule has 6 nitrogen and oxygen atoms in total. The van der Waals surface area contributed by atoms with Crippen LogP contribution >= 0.6 is 11.6 Å². The van der Waals surface area contributed by atoms with Gasteiger partial charge in [0.05, 0.1) is 12.1 Å². The van der Waals surface area contributed by atoms with Crippen molar-refractivity contribution in [1.82, 2.24) is 5.32 Å². The third-order valence-electron chi connectivity index (χ3n) is 2.18. The number of carbonyl (C=O) groups is 3. The van der Waals surface area contributed by atoms with Gasteiger partial charge < -0.3 is 16.4 Å². The number of hydrogen-bond acceptors (Lipinski definition) is 4. The summed E-state index contributed by atoms with van der Waals surface area (Å²) in [5.74, 6) is -2.47. The predicted molar refractivity (Wildman–Crippen MR) is 78.9 cm³/mol. The molecule has 7 heteroatoms. The number of rotatable bonds is 5. The summed E-state index contributed by atoms with van der Waals surface area (Å²) in [6.45, 7) is 3.56. The van der Waals surface area contributed by atoms with Crippen molar-refractivity contribution in [2.75, 3.05) is 18.9 Å². The fourth-order valence-electron chi connectivity index (χ4n) is 1.27. The van der Waals surface area contributed by atoms with Gasteiger partial charge in [-0.25, -0.2) is 0 Å². The van der Waals surface area contributed by atoms with Crippen molar-refractivity contribution in [3.05, 3.63) is 28.8 Å². The molecule has 1 aromatic rings. The zero-order chi connectivity index (χ0) is 15.7. The van der Waals surface area contributed by atoms with E-state index in [1.807, 2.05) is 13.8 Å².